The summed E-state index contributed by atoms with van der Waals surface area (Å²) >= 11 is 0. The predicted octanol–water partition coefficient (Wildman–Crippen LogP) is 4.15. The van der Waals surface area contributed by atoms with Crippen LogP contribution in [0.3, 0.4) is 0 Å². The molecule has 0 aromatic heterocycles. The Morgan fingerprint density at radius 1 is 0.581 bits per heavy atom. The number of methoxy groups -OCH3 is 6. The van der Waals surface area contributed by atoms with Gasteiger partial charge in [0, 0.05) is 6.04 Å². The SMILES string of the molecule is COc1cc([C@@H]2CC[C@@H](c3cc(OC)c(OC)c(OC)c3)C2N)cc(OC)c1OC.Cl. The molecule has 0 spiro atoms. The zero-order chi connectivity index (χ0) is 21.8. The van der Waals surface area contributed by atoms with E-state index in [4.69, 9.17) is 34.2 Å². The van der Waals surface area contributed by atoms with Gasteiger partial charge in [-0.15, -0.1) is 12.4 Å². The molecule has 172 valence electrons. The summed E-state index contributed by atoms with van der Waals surface area (Å²) in [5.74, 6) is 4.01. The lowest BCUT2D eigenvalue weighted by Gasteiger charge is -2.24. The van der Waals surface area contributed by atoms with E-state index >= 15 is 0 Å². The van der Waals surface area contributed by atoms with Gasteiger partial charge in [-0.2, -0.15) is 0 Å². The van der Waals surface area contributed by atoms with E-state index in [9.17, 15) is 0 Å². The summed E-state index contributed by atoms with van der Waals surface area (Å²) in [6.07, 6.45) is 1.89. The minimum absolute atomic E-state index is 0. The molecule has 0 aliphatic heterocycles. The van der Waals surface area contributed by atoms with Crippen molar-refractivity contribution in [3.05, 3.63) is 35.4 Å². The van der Waals surface area contributed by atoms with Crippen LogP contribution in [-0.4, -0.2) is 48.7 Å². The summed E-state index contributed by atoms with van der Waals surface area (Å²) in [7, 11) is 9.68. The van der Waals surface area contributed by atoms with Gasteiger partial charge in [-0.25, -0.2) is 0 Å². The van der Waals surface area contributed by atoms with Crippen LogP contribution in [0, 0.1) is 0 Å². The van der Waals surface area contributed by atoms with E-state index in [1.165, 1.54) is 0 Å². The van der Waals surface area contributed by atoms with Gasteiger partial charge in [0.1, 0.15) is 0 Å². The van der Waals surface area contributed by atoms with Gasteiger partial charge in [-0.05, 0) is 60.1 Å². The standard InChI is InChI=1S/C23H31NO6.ClH/c1-25-17-9-13(10-18(26-2)22(17)29-5)15-7-8-16(21(15)24)14-11-19(27-3)23(30-6)20(12-14)28-4;/h9-12,15-16,21H,7-8,24H2,1-6H3;1H/t15-,16-;/m0./s1. The van der Waals surface area contributed by atoms with Gasteiger partial charge in [-0.3, -0.25) is 0 Å². The third-order valence-electron chi connectivity index (χ3n) is 5.95. The van der Waals surface area contributed by atoms with Crippen LogP contribution in [0.5, 0.6) is 34.5 Å². The van der Waals surface area contributed by atoms with E-state index in [1.54, 1.807) is 42.7 Å². The molecule has 0 heterocycles. The second-order valence-corrected chi connectivity index (χ2v) is 7.29. The first kappa shape index (κ1) is 24.8. The molecule has 3 rings (SSSR count). The highest BCUT2D eigenvalue weighted by Crippen LogP contribution is 2.49. The van der Waals surface area contributed by atoms with Crippen LogP contribution in [0.2, 0.25) is 0 Å². The largest absolute Gasteiger partial charge is 0.493 e. The Bertz CT molecular complexity index is 769. The van der Waals surface area contributed by atoms with Crippen molar-refractivity contribution in [2.75, 3.05) is 42.7 Å². The smallest absolute Gasteiger partial charge is 0.203 e. The Morgan fingerprint density at radius 2 is 0.871 bits per heavy atom. The maximum atomic E-state index is 6.77. The molecule has 7 nitrogen and oxygen atoms in total. The average Bonchev–Trinajstić information content (AvgIpc) is 3.17. The van der Waals surface area contributed by atoms with Crippen LogP contribution in [0.1, 0.15) is 35.8 Å². The highest BCUT2D eigenvalue weighted by atomic mass is 35.5. The van der Waals surface area contributed by atoms with Crippen LogP contribution < -0.4 is 34.2 Å². The molecule has 2 atom stereocenters. The first-order valence-corrected chi connectivity index (χ1v) is 9.88. The number of hydrogen-bond donors (Lipinski definition) is 1. The normalized spacial score (nSPS) is 18.2. The molecule has 1 fully saturated rings. The first-order chi connectivity index (χ1) is 14.5. The molecular weight excluding hydrogens is 422 g/mol. The topological polar surface area (TPSA) is 81.4 Å². The molecule has 0 saturated heterocycles. The lowest BCUT2D eigenvalue weighted by Crippen LogP contribution is -2.29. The van der Waals surface area contributed by atoms with E-state index in [2.05, 4.69) is 0 Å². The maximum absolute atomic E-state index is 6.77. The molecular formula is C23H32ClNO6. The summed E-state index contributed by atoms with van der Waals surface area (Å²) in [6.45, 7) is 0. The Morgan fingerprint density at radius 3 is 1.10 bits per heavy atom. The highest BCUT2D eigenvalue weighted by Gasteiger charge is 2.37. The monoisotopic (exact) mass is 453 g/mol. The second kappa shape index (κ2) is 10.7. The molecule has 0 bridgehead atoms. The second-order valence-electron chi connectivity index (χ2n) is 7.29. The van der Waals surface area contributed by atoms with Crippen molar-refractivity contribution in [3.63, 3.8) is 0 Å². The van der Waals surface area contributed by atoms with Gasteiger partial charge >= 0.3 is 0 Å². The molecule has 2 aromatic rings. The number of nitrogens with two attached hydrogens (primary N) is 1. The summed E-state index contributed by atoms with van der Waals surface area (Å²) in [4.78, 5) is 0. The molecule has 0 unspecified atom stereocenters. The molecule has 0 radical (unpaired) electrons. The Labute approximate surface area is 190 Å². The Balaban J connectivity index is 0.00000341. The third-order valence-corrected chi connectivity index (χ3v) is 5.95. The summed E-state index contributed by atoms with van der Waals surface area (Å²) in [5, 5.41) is 0. The molecule has 1 saturated carbocycles. The van der Waals surface area contributed by atoms with Crippen LogP contribution in [0.15, 0.2) is 24.3 Å². The summed E-state index contributed by atoms with van der Waals surface area (Å²) < 4.78 is 33.0. The molecule has 1 aliphatic rings. The van der Waals surface area contributed by atoms with E-state index in [-0.39, 0.29) is 30.3 Å². The van der Waals surface area contributed by atoms with Gasteiger partial charge < -0.3 is 34.2 Å². The molecule has 1 aliphatic carbocycles. The Hall–Kier alpha value is -2.51. The van der Waals surface area contributed by atoms with Crippen molar-refractivity contribution in [2.45, 2.75) is 30.7 Å². The number of halogens is 1. The van der Waals surface area contributed by atoms with Gasteiger partial charge in [-0.1, -0.05) is 0 Å². The first-order valence-electron chi connectivity index (χ1n) is 9.88. The van der Waals surface area contributed by atoms with Crippen molar-refractivity contribution in [1.29, 1.82) is 0 Å². The predicted molar refractivity (Wildman–Crippen MR) is 122 cm³/mol. The van der Waals surface area contributed by atoms with E-state index in [0.29, 0.717) is 34.5 Å². The van der Waals surface area contributed by atoms with E-state index in [1.807, 2.05) is 24.3 Å². The van der Waals surface area contributed by atoms with E-state index in [0.717, 1.165) is 24.0 Å². The fraction of sp³-hybridized carbons (Fsp3) is 0.478. The quantitative estimate of drug-likeness (QED) is 0.642. The Kier molecular flexibility index (Phi) is 8.53. The summed E-state index contributed by atoms with van der Waals surface area (Å²) in [5.41, 5.74) is 8.92. The van der Waals surface area contributed by atoms with Crippen molar-refractivity contribution < 1.29 is 28.4 Å². The third kappa shape index (κ3) is 4.57. The van der Waals surface area contributed by atoms with Gasteiger partial charge in [0.05, 0.1) is 42.7 Å². The number of rotatable bonds is 8. The molecule has 8 heteroatoms. The van der Waals surface area contributed by atoms with Gasteiger partial charge in [0.25, 0.3) is 0 Å². The summed E-state index contributed by atoms with van der Waals surface area (Å²) in [6, 6.07) is 7.87. The lowest BCUT2D eigenvalue weighted by molar-refractivity contribution is 0.322. The van der Waals surface area contributed by atoms with Crippen LogP contribution in [0.4, 0.5) is 0 Å². The van der Waals surface area contributed by atoms with E-state index < -0.39 is 0 Å². The number of ether oxygens (including phenoxy) is 6. The fourth-order valence-electron chi connectivity index (χ4n) is 4.43. The van der Waals surface area contributed by atoms with Crippen molar-refractivity contribution >= 4 is 12.4 Å². The van der Waals surface area contributed by atoms with Crippen LogP contribution >= 0.6 is 12.4 Å². The zero-order valence-corrected chi connectivity index (χ0v) is 19.7. The molecule has 31 heavy (non-hydrogen) atoms. The molecule has 2 N–H and O–H groups in total. The van der Waals surface area contributed by atoms with Gasteiger partial charge in [0.2, 0.25) is 11.5 Å². The number of hydrogen-bond acceptors (Lipinski definition) is 7. The zero-order valence-electron chi connectivity index (χ0n) is 18.9. The van der Waals surface area contributed by atoms with Crippen molar-refractivity contribution in [1.82, 2.24) is 0 Å². The highest BCUT2D eigenvalue weighted by molar-refractivity contribution is 5.85. The maximum Gasteiger partial charge on any atom is 0.203 e. The van der Waals surface area contributed by atoms with Gasteiger partial charge in [0.15, 0.2) is 23.0 Å². The molecule has 0 amide bonds. The lowest BCUT2D eigenvalue weighted by atomic mass is 9.88. The van der Waals surface area contributed by atoms with Crippen molar-refractivity contribution in [2.24, 2.45) is 5.73 Å². The van der Waals surface area contributed by atoms with Crippen LogP contribution in [-0.2, 0) is 0 Å². The fourth-order valence-corrected chi connectivity index (χ4v) is 4.43. The molecule has 2 aromatic carbocycles. The number of benzene rings is 2. The van der Waals surface area contributed by atoms with Crippen molar-refractivity contribution in [3.8, 4) is 34.5 Å². The van der Waals surface area contributed by atoms with Crippen LogP contribution in [0.25, 0.3) is 0 Å². The minimum Gasteiger partial charge on any atom is -0.493 e. The minimum atomic E-state index is -0.0874. The average molecular weight is 454 g/mol.